The van der Waals surface area contributed by atoms with Crippen LogP contribution in [0.2, 0.25) is 0 Å². The first kappa shape index (κ1) is 12.3. The van der Waals surface area contributed by atoms with Crippen molar-refractivity contribution in [3.8, 4) is 0 Å². The summed E-state index contributed by atoms with van der Waals surface area (Å²) in [6, 6.07) is 1.99. The molecule has 3 nitrogen and oxygen atoms in total. The van der Waals surface area contributed by atoms with Gasteiger partial charge in [0.1, 0.15) is 5.78 Å². The lowest BCUT2D eigenvalue weighted by Crippen LogP contribution is -2.06. The number of hydrogen-bond donors (Lipinski definition) is 0. The normalized spacial score (nSPS) is 16.5. The second-order valence-electron chi connectivity index (χ2n) is 5.17. The highest BCUT2D eigenvalue weighted by Crippen LogP contribution is 2.28. The van der Waals surface area contributed by atoms with Gasteiger partial charge in [-0.3, -0.25) is 9.48 Å². The van der Waals surface area contributed by atoms with Crippen molar-refractivity contribution in [2.24, 2.45) is 13.0 Å². The van der Waals surface area contributed by atoms with Gasteiger partial charge in [-0.15, -0.1) is 0 Å². The molecule has 3 heteroatoms. The fraction of sp³-hybridized carbons (Fsp3) is 0.714. The quantitative estimate of drug-likeness (QED) is 0.758. The smallest absolute Gasteiger partial charge is 0.133 e. The fourth-order valence-corrected chi connectivity index (χ4v) is 2.70. The molecule has 2 rings (SSSR count). The highest BCUT2D eigenvalue weighted by molar-refractivity contribution is 5.78. The Bertz CT molecular complexity index is 364. The third kappa shape index (κ3) is 3.69. The molecule has 1 heterocycles. The molecular formula is C14H22N2O. The van der Waals surface area contributed by atoms with Crippen molar-refractivity contribution in [2.75, 3.05) is 0 Å². The number of rotatable bonds is 6. The van der Waals surface area contributed by atoms with Gasteiger partial charge >= 0.3 is 0 Å². The van der Waals surface area contributed by atoms with Crippen molar-refractivity contribution in [2.45, 2.75) is 51.4 Å². The summed E-state index contributed by atoms with van der Waals surface area (Å²) in [5, 5.41) is 4.11. The molecule has 1 aromatic heterocycles. The molecule has 1 aromatic rings. The lowest BCUT2D eigenvalue weighted by atomic mass is 9.98. The number of carbonyl (C=O) groups excluding carboxylic acids is 1. The Morgan fingerprint density at radius 1 is 1.41 bits per heavy atom. The molecule has 17 heavy (non-hydrogen) atoms. The zero-order valence-electron chi connectivity index (χ0n) is 10.7. The van der Waals surface area contributed by atoms with E-state index in [-0.39, 0.29) is 0 Å². The maximum Gasteiger partial charge on any atom is 0.133 e. The van der Waals surface area contributed by atoms with Gasteiger partial charge < -0.3 is 0 Å². The zero-order chi connectivity index (χ0) is 12.1. The van der Waals surface area contributed by atoms with E-state index in [0.717, 1.165) is 30.9 Å². The molecule has 0 spiro atoms. The van der Waals surface area contributed by atoms with Crippen LogP contribution in [0.25, 0.3) is 0 Å². The maximum atomic E-state index is 11.8. The first-order chi connectivity index (χ1) is 8.25. The molecule has 0 saturated heterocycles. The number of hydrogen-bond acceptors (Lipinski definition) is 2. The predicted molar refractivity (Wildman–Crippen MR) is 67.7 cm³/mol. The molecule has 1 aliphatic carbocycles. The number of ketones is 1. The summed E-state index contributed by atoms with van der Waals surface area (Å²) < 4.78 is 1.85. The number of carbonyl (C=O) groups is 1. The summed E-state index contributed by atoms with van der Waals surface area (Å²) in [5.41, 5.74) is 1.15. The van der Waals surface area contributed by atoms with Crippen LogP contribution >= 0.6 is 0 Å². The van der Waals surface area contributed by atoms with E-state index in [1.54, 1.807) is 6.20 Å². The van der Waals surface area contributed by atoms with Gasteiger partial charge in [0.25, 0.3) is 0 Å². The highest BCUT2D eigenvalue weighted by Gasteiger charge is 2.16. The summed E-state index contributed by atoms with van der Waals surface area (Å²) in [5.74, 6) is 1.24. The van der Waals surface area contributed by atoms with Crippen LogP contribution < -0.4 is 0 Å². The van der Waals surface area contributed by atoms with Crippen molar-refractivity contribution >= 4 is 5.78 Å². The van der Waals surface area contributed by atoms with E-state index in [4.69, 9.17) is 0 Å². The van der Waals surface area contributed by atoms with Gasteiger partial charge in [0.15, 0.2) is 0 Å². The Morgan fingerprint density at radius 2 is 2.18 bits per heavy atom. The van der Waals surface area contributed by atoms with Gasteiger partial charge in [-0.05, 0) is 24.8 Å². The van der Waals surface area contributed by atoms with Gasteiger partial charge in [-0.2, -0.15) is 5.10 Å². The SMILES string of the molecule is Cn1nccc1CCC(=O)CCC1CCCC1. The van der Waals surface area contributed by atoms with E-state index in [0.29, 0.717) is 12.2 Å². The number of aryl methyl sites for hydroxylation is 2. The van der Waals surface area contributed by atoms with E-state index in [1.165, 1.54) is 25.7 Å². The fourth-order valence-electron chi connectivity index (χ4n) is 2.70. The van der Waals surface area contributed by atoms with E-state index >= 15 is 0 Å². The lowest BCUT2D eigenvalue weighted by Gasteiger charge is -2.07. The van der Waals surface area contributed by atoms with Crippen molar-refractivity contribution in [1.29, 1.82) is 0 Å². The molecule has 1 saturated carbocycles. The standard InChI is InChI=1S/C14H22N2O/c1-16-13(10-11-15-16)7-9-14(17)8-6-12-4-2-3-5-12/h10-12H,2-9H2,1H3. The van der Waals surface area contributed by atoms with E-state index < -0.39 is 0 Å². The Kier molecular flexibility index (Phi) is 4.35. The molecule has 0 N–H and O–H groups in total. The average molecular weight is 234 g/mol. The third-order valence-corrected chi connectivity index (χ3v) is 3.89. The van der Waals surface area contributed by atoms with Crippen LogP contribution in [0.4, 0.5) is 0 Å². The minimum Gasteiger partial charge on any atom is -0.300 e. The second-order valence-corrected chi connectivity index (χ2v) is 5.17. The zero-order valence-corrected chi connectivity index (χ0v) is 10.7. The van der Waals surface area contributed by atoms with Gasteiger partial charge in [-0.1, -0.05) is 25.7 Å². The molecule has 94 valence electrons. The van der Waals surface area contributed by atoms with Gasteiger partial charge in [0, 0.05) is 31.8 Å². The van der Waals surface area contributed by atoms with Crippen LogP contribution in [0.5, 0.6) is 0 Å². The molecular weight excluding hydrogens is 212 g/mol. The van der Waals surface area contributed by atoms with Crippen LogP contribution in [0.1, 0.15) is 50.6 Å². The van der Waals surface area contributed by atoms with Crippen LogP contribution in [-0.4, -0.2) is 15.6 Å². The Morgan fingerprint density at radius 3 is 2.82 bits per heavy atom. The summed E-state index contributed by atoms with van der Waals surface area (Å²) in [6.07, 6.45) is 10.6. The molecule has 1 aliphatic rings. The first-order valence-electron chi connectivity index (χ1n) is 6.74. The topological polar surface area (TPSA) is 34.9 Å². The van der Waals surface area contributed by atoms with E-state index in [9.17, 15) is 4.79 Å². The Hall–Kier alpha value is -1.12. The van der Waals surface area contributed by atoms with Gasteiger partial charge in [0.2, 0.25) is 0 Å². The summed E-state index contributed by atoms with van der Waals surface area (Å²) in [7, 11) is 1.93. The molecule has 0 radical (unpaired) electrons. The first-order valence-corrected chi connectivity index (χ1v) is 6.74. The Balaban J connectivity index is 1.65. The largest absolute Gasteiger partial charge is 0.300 e. The third-order valence-electron chi connectivity index (χ3n) is 3.89. The molecule has 1 fully saturated rings. The predicted octanol–water partition coefficient (Wildman–Crippen LogP) is 2.89. The number of nitrogens with zero attached hydrogens (tertiary/aromatic N) is 2. The maximum absolute atomic E-state index is 11.8. The summed E-state index contributed by atoms with van der Waals surface area (Å²) in [4.78, 5) is 11.8. The summed E-state index contributed by atoms with van der Waals surface area (Å²) in [6.45, 7) is 0. The van der Waals surface area contributed by atoms with Gasteiger partial charge in [0.05, 0.1) is 0 Å². The highest BCUT2D eigenvalue weighted by atomic mass is 16.1. The van der Waals surface area contributed by atoms with Crippen LogP contribution in [0, 0.1) is 5.92 Å². The van der Waals surface area contributed by atoms with Crippen LogP contribution in [0.3, 0.4) is 0 Å². The van der Waals surface area contributed by atoms with Crippen LogP contribution in [0.15, 0.2) is 12.3 Å². The molecule has 0 atom stereocenters. The Labute approximate surface area is 103 Å². The molecule has 0 aliphatic heterocycles. The van der Waals surface area contributed by atoms with Crippen LogP contribution in [-0.2, 0) is 18.3 Å². The van der Waals surface area contributed by atoms with Gasteiger partial charge in [-0.25, -0.2) is 0 Å². The van der Waals surface area contributed by atoms with Crippen molar-refractivity contribution in [3.63, 3.8) is 0 Å². The monoisotopic (exact) mass is 234 g/mol. The minimum atomic E-state index is 0.415. The van der Waals surface area contributed by atoms with E-state index in [1.807, 2.05) is 17.8 Å². The lowest BCUT2D eigenvalue weighted by molar-refractivity contribution is -0.119. The molecule has 0 amide bonds. The minimum absolute atomic E-state index is 0.415. The summed E-state index contributed by atoms with van der Waals surface area (Å²) >= 11 is 0. The number of Topliss-reactive ketones (excluding diaryl/α,β-unsaturated/α-hetero) is 1. The molecule has 0 aromatic carbocycles. The van der Waals surface area contributed by atoms with Crippen molar-refractivity contribution in [1.82, 2.24) is 9.78 Å². The van der Waals surface area contributed by atoms with Crippen molar-refractivity contribution in [3.05, 3.63) is 18.0 Å². The second kappa shape index (κ2) is 5.99. The van der Waals surface area contributed by atoms with E-state index in [2.05, 4.69) is 5.10 Å². The molecule has 0 bridgehead atoms. The van der Waals surface area contributed by atoms with Crippen molar-refractivity contribution < 1.29 is 4.79 Å². The molecule has 0 unspecified atom stereocenters. The average Bonchev–Trinajstić information content (AvgIpc) is 2.95. The number of aromatic nitrogens is 2.